The number of nitrogens with two attached hydrogens (primary N) is 1. The number of hydrogen-bond donors (Lipinski definition) is 2. The molecular weight excluding hydrogens is 220 g/mol. The molecule has 0 spiro atoms. The Morgan fingerprint density at radius 2 is 2.31 bits per heavy atom. The molecule has 1 aliphatic rings. The highest BCUT2D eigenvalue weighted by Gasteiger charge is 2.21. The summed E-state index contributed by atoms with van der Waals surface area (Å²) in [5.74, 6) is 7.43. The van der Waals surface area contributed by atoms with Crippen LogP contribution in [0.15, 0.2) is 11.4 Å². The number of ether oxygens (including phenoxy) is 1. The Morgan fingerprint density at radius 1 is 1.56 bits per heavy atom. The maximum Gasteiger partial charge on any atom is 0.129 e. The summed E-state index contributed by atoms with van der Waals surface area (Å²) in [7, 11) is 1.70. The van der Waals surface area contributed by atoms with Crippen LogP contribution in [0.25, 0.3) is 0 Å². The number of thiophene rings is 1. The van der Waals surface area contributed by atoms with Crippen molar-refractivity contribution in [2.75, 3.05) is 7.11 Å². The van der Waals surface area contributed by atoms with Gasteiger partial charge in [0.2, 0.25) is 0 Å². The predicted molar refractivity (Wildman–Crippen MR) is 67.5 cm³/mol. The van der Waals surface area contributed by atoms with E-state index in [9.17, 15) is 0 Å². The Morgan fingerprint density at radius 3 is 2.88 bits per heavy atom. The van der Waals surface area contributed by atoms with Gasteiger partial charge in [-0.15, -0.1) is 11.3 Å². The number of hydrogen-bond acceptors (Lipinski definition) is 4. The van der Waals surface area contributed by atoms with Crippen LogP contribution in [0.3, 0.4) is 0 Å². The molecule has 1 aromatic rings. The number of hydrazine groups is 1. The van der Waals surface area contributed by atoms with Crippen LogP contribution in [-0.2, 0) is 0 Å². The Kier molecular flexibility index (Phi) is 4.21. The molecule has 3 N–H and O–H groups in total. The lowest BCUT2D eigenvalue weighted by molar-refractivity contribution is 0.399. The first-order chi connectivity index (χ1) is 7.83. The van der Waals surface area contributed by atoms with Gasteiger partial charge >= 0.3 is 0 Å². The van der Waals surface area contributed by atoms with E-state index in [0.29, 0.717) is 0 Å². The van der Waals surface area contributed by atoms with E-state index in [4.69, 9.17) is 10.6 Å². The van der Waals surface area contributed by atoms with Crippen molar-refractivity contribution in [1.82, 2.24) is 5.43 Å². The van der Waals surface area contributed by atoms with Gasteiger partial charge in [-0.25, -0.2) is 0 Å². The van der Waals surface area contributed by atoms with Gasteiger partial charge in [0, 0.05) is 10.3 Å². The second kappa shape index (κ2) is 5.66. The van der Waals surface area contributed by atoms with Crippen LogP contribution in [0.4, 0.5) is 0 Å². The summed E-state index contributed by atoms with van der Waals surface area (Å²) >= 11 is 1.72. The fourth-order valence-corrected chi connectivity index (χ4v) is 3.40. The van der Waals surface area contributed by atoms with E-state index in [1.54, 1.807) is 18.4 Å². The van der Waals surface area contributed by atoms with Crippen LogP contribution >= 0.6 is 11.3 Å². The summed E-state index contributed by atoms with van der Waals surface area (Å²) < 4.78 is 5.20. The van der Waals surface area contributed by atoms with E-state index in [1.807, 2.05) is 5.38 Å². The van der Waals surface area contributed by atoms with E-state index in [2.05, 4.69) is 11.5 Å². The van der Waals surface area contributed by atoms with Crippen molar-refractivity contribution >= 4 is 11.3 Å². The molecule has 0 amide bonds. The van der Waals surface area contributed by atoms with Crippen LogP contribution < -0.4 is 16.0 Å². The zero-order valence-electron chi connectivity index (χ0n) is 9.74. The minimum atomic E-state index is 0.289. The Hall–Kier alpha value is -0.580. The smallest absolute Gasteiger partial charge is 0.129 e. The summed E-state index contributed by atoms with van der Waals surface area (Å²) in [5.41, 5.74) is 2.94. The third-order valence-corrected chi connectivity index (χ3v) is 4.44. The Balaban J connectivity index is 1.97. The van der Waals surface area contributed by atoms with Crippen LogP contribution in [0.2, 0.25) is 0 Å². The lowest BCUT2D eigenvalue weighted by Crippen LogP contribution is -2.28. The van der Waals surface area contributed by atoms with Gasteiger partial charge in [-0.3, -0.25) is 11.3 Å². The molecule has 2 rings (SSSR count). The molecule has 1 atom stereocenters. The SMILES string of the molecule is COc1csc(C(CC2CCCC2)NN)c1. The zero-order chi connectivity index (χ0) is 11.4. The molecule has 0 aliphatic heterocycles. The van der Waals surface area contributed by atoms with Gasteiger partial charge in [0.25, 0.3) is 0 Å². The highest BCUT2D eigenvalue weighted by molar-refractivity contribution is 7.10. The van der Waals surface area contributed by atoms with Crippen molar-refractivity contribution in [2.45, 2.75) is 38.1 Å². The van der Waals surface area contributed by atoms with Crippen molar-refractivity contribution < 1.29 is 4.74 Å². The molecular formula is C12H20N2OS. The topological polar surface area (TPSA) is 47.3 Å². The molecule has 0 radical (unpaired) electrons. The van der Waals surface area contributed by atoms with E-state index in [0.717, 1.165) is 18.1 Å². The van der Waals surface area contributed by atoms with Crippen molar-refractivity contribution in [3.8, 4) is 5.75 Å². The third kappa shape index (κ3) is 2.75. The van der Waals surface area contributed by atoms with Crippen LogP contribution in [0.5, 0.6) is 5.75 Å². The standard InChI is InChI=1S/C12H20N2OS/c1-15-10-7-12(16-8-10)11(14-13)6-9-4-2-3-5-9/h7-9,11,14H,2-6,13H2,1H3. The second-order valence-electron chi connectivity index (χ2n) is 4.49. The van der Waals surface area contributed by atoms with Crippen molar-refractivity contribution in [1.29, 1.82) is 0 Å². The molecule has 1 fully saturated rings. The van der Waals surface area contributed by atoms with Gasteiger partial charge in [-0.05, 0) is 18.4 Å². The molecule has 1 aromatic heterocycles. The molecule has 16 heavy (non-hydrogen) atoms. The first kappa shape index (κ1) is 11.9. The monoisotopic (exact) mass is 240 g/mol. The van der Waals surface area contributed by atoms with Crippen molar-refractivity contribution in [3.05, 3.63) is 16.3 Å². The molecule has 0 saturated heterocycles. The molecule has 4 heteroatoms. The highest BCUT2D eigenvalue weighted by atomic mass is 32.1. The summed E-state index contributed by atoms with van der Waals surface area (Å²) in [4.78, 5) is 1.28. The average Bonchev–Trinajstić information content (AvgIpc) is 2.96. The fraction of sp³-hybridized carbons (Fsp3) is 0.667. The maximum atomic E-state index is 5.65. The molecule has 0 aromatic carbocycles. The van der Waals surface area contributed by atoms with Gasteiger partial charge < -0.3 is 4.74 Å². The van der Waals surface area contributed by atoms with Crippen LogP contribution in [0.1, 0.15) is 43.0 Å². The minimum absolute atomic E-state index is 0.289. The van der Waals surface area contributed by atoms with Gasteiger partial charge in [-0.2, -0.15) is 0 Å². The van der Waals surface area contributed by atoms with Gasteiger partial charge in [0.1, 0.15) is 5.75 Å². The molecule has 1 unspecified atom stereocenters. The normalized spacial score (nSPS) is 18.9. The average molecular weight is 240 g/mol. The summed E-state index contributed by atoms with van der Waals surface area (Å²) in [6.07, 6.45) is 6.65. The molecule has 1 saturated carbocycles. The van der Waals surface area contributed by atoms with E-state index in [-0.39, 0.29) is 6.04 Å². The molecule has 1 heterocycles. The number of methoxy groups -OCH3 is 1. The molecule has 0 bridgehead atoms. The van der Waals surface area contributed by atoms with Crippen molar-refractivity contribution in [2.24, 2.45) is 11.8 Å². The Bertz CT molecular complexity index is 321. The number of nitrogens with one attached hydrogen (secondary N) is 1. The van der Waals surface area contributed by atoms with Crippen molar-refractivity contribution in [3.63, 3.8) is 0 Å². The Labute approximate surface area is 101 Å². The second-order valence-corrected chi connectivity index (χ2v) is 5.44. The van der Waals surface area contributed by atoms with Crippen LogP contribution in [0, 0.1) is 5.92 Å². The van der Waals surface area contributed by atoms with Gasteiger partial charge in [0.05, 0.1) is 13.2 Å². The highest BCUT2D eigenvalue weighted by Crippen LogP contribution is 2.35. The fourth-order valence-electron chi connectivity index (χ4n) is 2.47. The summed E-state index contributed by atoms with van der Waals surface area (Å²) in [6, 6.07) is 2.38. The largest absolute Gasteiger partial charge is 0.496 e. The third-order valence-electron chi connectivity index (χ3n) is 3.42. The summed E-state index contributed by atoms with van der Waals surface area (Å²) in [5, 5.41) is 2.04. The first-order valence-electron chi connectivity index (χ1n) is 5.92. The van der Waals surface area contributed by atoms with Crippen LogP contribution in [-0.4, -0.2) is 7.11 Å². The van der Waals surface area contributed by atoms with Gasteiger partial charge in [-0.1, -0.05) is 25.7 Å². The molecule has 1 aliphatic carbocycles. The van der Waals surface area contributed by atoms with E-state index < -0.39 is 0 Å². The van der Waals surface area contributed by atoms with E-state index in [1.165, 1.54) is 30.6 Å². The van der Waals surface area contributed by atoms with E-state index >= 15 is 0 Å². The predicted octanol–water partition coefficient (Wildman–Crippen LogP) is 2.84. The quantitative estimate of drug-likeness (QED) is 0.614. The zero-order valence-corrected chi connectivity index (χ0v) is 10.6. The number of rotatable bonds is 5. The molecule has 90 valence electrons. The maximum absolute atomic E-state index is 5.65. The minimum Gasteiger partial charge on any atom is -0.496 e. The van der Waals surface area contributed by atoms with Gasteiger partial charge in [0.15, 0.2) is 0 Å². The summed E-state index contributed by atoms with van der Waals surface area (Å²) in [6.45, 7) is 0. The first-order valence-corrected chi connectivity index (χ1v) is 6.80. The lowest BCUT2D eigenvalue weighted by Gasteiger charge is -2.18. The molecule has 3 nitrogen and oxygen atoms in total. The lowest BCUT2D eigenvalue weighted by atomic mass is 9.98.